The molecule has 416 valence electrons. The van der Waals surface area contributed by atoms with Crippen molar-refractivity contribution in [3.8, 4) is 0 Å². The fourth-order valence-electron chi connectivity index (χ4n) is 9.93. The van der Waals surface area contributed by atoms with Gasteiger partial charge in [-0.1, -0.05) is 324 Å². The molecule has 6 nitrogen and oxygen atoms in total. The second-order valence-electron chi connectivity index (χ2n) is 23.0. The fraction of sp³-hybridized carbons (Fsp3) is 0.953. The van der Waals surface area contributed by atoms with Gasteiger partial charge in [-0.05, 0) is 31.1 Å². The van der Waals surface area contributed by atoms with E-state index in [0.29, 0.717) is 19.3 Å². The van der Waals surface area contributed by atoms with Crippen molar-refractivity contribution in [2.45, 2.75) is 368 Å². The van der Waals surface area contributed by atoms with E-state index >= 15 is 0 Å². The number of hydrogen-bond acceptors (Lipinski definition) is 6. The molecule has 0 unspecified atom stereocenters. The second kappa shape index (κ2) is 56.7. The molecule has 0 aliphatic carbocycles. The van der Waals surface area contributed by atoms with E-state index in [9.17, 15) is 14.4 Å². The summed E-state index contributed by atoms with van der Waals surface area (Å²) in [6.07, 6.45) is 62.5. The van der Waals surface area contributed by atoms with Gasteiger partial charge in [0, 0.05) is 19.3 Å². The van der Waals surface area contributed by atoms with Gasteiger partial charge in [0.2, 0.25) is 0 Å². The monoisotopic (exact) mass is 989 g/mol. The number of rotatable bonds is 58. The molecule has 0 radical (unpaired) electrons. The molecule has 0 spiro atoms. The lowest BCUT2D eigenvalue weighted by Gasteiger charge is -2.18. The van der Waals surface area contributed by atoms with Crippen LogP contribution in [0.25, 0.3) is 0 Å². The summed E-state index contributed by atoms with van der Waals surface area (Å²) in [5.74, 6) is 0.849. The van der Waals surface area contributed by atoms with Gasteiger partial charge in [-0.25, -0.2) is 0 Å². The molecular formula is C64H124O6. The quantitative estimate of drug-likeness (QED) is 0.0343. The van der Waals surface area contributed by atoms with Gasteiger partial charge >= 0.3 is 17.9 Å². The van der Waals surface area contributed by atoms with E-state index in [1.807, 2.05) is 0 Å². The minimum absolute atomic E-state index is 0.0620. The zero-order valence-corrected chi connectivity index (χ0v) is 48.2. The maximum Gasteiger partial charge on any atom is 0.306 e. The largest absolute Gasteiger partial charge is 0.462 e. The lowest BCUT2D eigenvalue weighted by molar-refractivity contribution is -0.167. The summed E-state index contributed by atoms with van der Waals surface area (Å²) in [5.41, 5.74) is 0. The van der Waals surface area contributed by atoms with Crippen molar-refractivity contribution in [2.75, 3.05) is 13.2 Å². The van der Waals surface area contributed by atoms with E-state index in [1.165, 1.54) is 250 Å². The molecule has 70 heavy (non-hydrogen) atoms. The third kappa shape index (κ3) is 57.3. The molecular weight excluding hydrogens is 865 g/mol. The van der Waals surface area contributed by atoms with E-state index in [-0.39, 0.29) is 31.1 Å². The molecule has 6 heteroatoms. The Hall–Kier alpha value is -1.59. The molecule has 0 fully saturated rings. The Labute approximate surface area is 438 Å². The second-order valence-corrected chi connectivity index (χ2v) is 23.0. The van der Waals surface area contributed by atoms with Crippen LogP contribution >= 0.6 is 0 Å². The predicted molar refractivity (Wildman–Crippen MR) is 303 cm³/mol. The summed E-state index contributed by atoms with van der Waals surface area (Å²) in [7, 11) is 0. The van der Waals surface area contributed by atoms with Gasteiger partial charge < -0.3 is 14.2 Å². The molecule has 0 bridgehead atoms. The van der Waals surface area contributed by atoms with Crippen LogP contribution < -0.4 is 0 Å². The van der Waals surface area contributed by atoms with Crippen LogP contribution in [0.15, 0.2) is 0 Å². The Kier molecular flexibility index (Phi) is 55.4. The molecule has 0 heterocycles. The highest BCUT2D eigenvalue weighted by atomic mass is 16.6. The van der Waals surface area contributed by atoms with Gasteiger partial charge in [-0.2, -0.15) is 0 Å². The molecule has 0 N–H and O–H groups in total. The predicted octanol–water partition coefficient (Wildman–Crippen LogP) is 21.2. The lowest BCUT2D eigenvalue weighted by atomic mass is 10.0. The summed E-state index contributed by atoms with van der Waals surface area (Å²) in [4.78, 5) is 38.3. The van der Waals surface area contributed by atoms with Crippen molar-refractivity contribution in [1.29, 1.82) is 0 Å². The SMILES string of the molecule is CCCCCCCCCCCCCCCCCCCCCC(=O)OC[C@H](COC(=O)CCCCCCCCCCCCCCC(C)C)OC(=O)CCCCCCCCCCCCCCCCCC(C)C. The minimum atomic E-state index is -0.764. The summed E-state index contributed by atoms with van der Waals surface area (Å²) >= 11 is 0. The number of esters is 3. The van der Waals surface area contributed by atoms with Crippen molar-refractivity contribution in [1.82, 2.24) is 0 Å². The standard InChI is InChI=1S/C64H124O6/c1-6-7-8-9-10-11-12-13-14-15-16-17-20-23-29-34-39-44-49-54-62(65)68-57-61(58-69-63(66)55-50-45-40-35-30-26-25-28-33-38-43-48-53-60(4)5)70-64(67)56-51-46-41-36-31-24-21-18-19-22-27-32-37-42-47-52-59(2)3/h59-61H,6-58H2,1-5H3/t61-/m1/s1. The Morgan fingerprint density at radius 1 is 0.271 bits per heavy atom. The topological polar surface area (TPSA) is 78.9 Å². The molecule has 1 atom stereocenters. The normalized spacial score (nSPS) is 12.0. The van der Waals surface area contributed by atoms with Crippen LogP contribution in [0.2, 0.25) is 0 Å². The first-order valence-corrected chi connectivity index (χ1v) is 31.7. The van der Waals surface area contributed by atoms with Gasteiger partial charge in [-0.15, -0.1) is 0 Å². The highest BCUT2D eigenvalue weighted by molar-refractivity contribution is 5.71. The zero-order chi connectivity index (χ0) is 51.1. The molecule has 0 rings (SSSR count). The molecule has 0 saturated carbocycles. The zero-order valence-electron chi connectivity index (χ0n) is 48.2. The van der Waals surface area contributed by atoms with Crippen LogP contribution in [-0.2, 0) is 28.6 Å². The van der Waals surface area contributed by atoms with Crippen LogP contribution in [0.1, 0.15) is 362 Å². The Morgan fingerprint density at radius 2 is 0.471 bits per heavy atom. The molecule has 0 amide bonds. The fourth-order valence-corrected chi connectivity index (χ4v) is 9.93. The third-order valence-corrected chi connectivity index (χ3v) is 14.7. The van der Waals surface area contributed by atoms with Gasteiger partial charge in [0.25, 0.3) is 0 Å². The number of ether oxygens (including phenoxy) is 3. The van der Waals surface area contributed by atoms with Crippen LogP contribution in [-0.4, -0.2) is 37.2 Å². The Bertz CT molecular complexity index is 1070. The van der Waals surface area contributed by atoms with E-state index in [2.05, 4.69) is 34.6 Å². The Morgan fingerprint density at radius 3 is 0.700 bits per heavy atom. The van der Waals surface area contributed by atoms with E-state index in [0.717, 1.165) is 69.6 Å². The van der Waals surface area contributed by atoms with Crippen LogP contribution in [0.3, 0.4) is 0 Å². The van der Waals surface area contributed by atoms with Crippen LogP contribution in [0.5, 0.6) is 0 Å². The summed E-state index contributed by atoms with van der Waals surface area (Å²) in [5, 5.41) is 0. The summed E-state index contributed by atoms with van der Waals surface area (Å²) in [6, 6.07) is 0. The maximum atomic E-state index is 12.9. The average molecular weight is 990 g/mol. The molecule has 0 aliphatic rings. The van der Waals surface area contributed by atoms with E-state index < -0.39 is 6.10 Å². The van der Waals surface area contributed by atoms with Gasteiger partial charge in [-0.3, -0.25) is 14.4 Å². The average Bonchev–Trinajstić information content (AvgIpc) is 3.33. The third-order valence-electron chi connectivity index (χ3n) is 14.7. The number of unbranched alkanes of at least 4 members (excludes halogenated alkanes) is 43. The molecule has 0 aromatic heterocycles. The molecule has 0 aliphatic heterocycles. The van der Waals surface area contributed by atoms with Gasteiger partial charge in [0.05, 0.1) is 0 Å². The highest BCUT2D eigenvalue weighted by Gasteiger charge is 2.19. The van der Waals surface area contributed by atoms with Crippen LogP contribution in [0.4, 0.5) is 0 Å². The summed E-state index contributed by atoms with van der Waals surface area (Å²) < 4.78 is 17.0. The van der Waals surface area contributed by atoms with Gasteiger partial charge in [0.15, 0.2) is 6.10 Å². The van der Waals surface area contributed by atoms with Crippen molar-refractivity contribution < 1.29 is 28.6 Å². The van der Waals surface area contributed by atoms with Crippen molar-refractivity contribution in [2.24, 2.45) is 11.8 Å². The van der Waals surface area contributed by atoms with Crippen molar-refractivity contribution >= 4 is 17.9 Å². The van der Waals surface area contributed by atoms with E-state index in [1.54, 1.807) is 0 Å². The first-order valence-electron chi connectivity index (χ1n) is 31.7. The number of carbonyl (C=O) groups excluding carboxylic acids is 3. The smallest absolute Gasteiger partial charge is 0.306 e. The first-order chi connectivity index (χ1) is 34.2. The maximum absolute atomic E-state index is 12.9. The van der Waals surface area contributed by atoms with Gasteiger partial charge in [0.1, 0.15) is 13.2 Å². The van der Waals surface area contributed by atoms with Crippen LogP contribution in [0, 0.1) is 11.8 Å². The number of hydrogen-bond donors (Lipinski definition) is 0. The minimum Gasteiger partial charge on any atom is -0.462 e. The van der Waals surface area contributed by atoms with Crippen molar-refractivity contribution in [3.05, 3.63) is 0 Å². The van der Waals surface area contributed by atoms with Crippen molar-refractivity contribution in [3.63, 3.8) is 0 Å². The van der Waals surface area contributed by atoms with E-state index in [4.69, 9.17) is 14.2 Å². The first kappa shape index (κ1) is 68.4. The summed E-state index contributed by atoms with van der Waals surface area (Å²) in [6.45, 7) is 11.4. The Balaban J connectivity index is 4.28. The molecule has 0 saturated heterocycles. The molecule has 0 aromatic rings. The number of carbonyl (C=O) groups is 3. The highest BCUT2D eigenvalue weighted by Crippen LogP contribution is 2.19. The molecule has 0 aromatic carbocycles. The lowest BCUT2D eigenvalue weighted by Crippen LogP contribution is -2.30.